The van der Waals surface area contributed by atoms with Gasteiger partial charge in [0.2, 0.25) is 0 Å². The van der Waals surface area contributed by atoms with Crippen molar-refractivity contribution >= 4 is 5.82 Å². The lowest BCUT2D eigenvalue weighted by Gasteiger charge is -2.35. The van der Waals surface area contributed by atoms with Gasteiger partial charge in [0.15, 0.2) is 0 Å². The minimum Gasteiger partial charge on any atom is -0.395 e. The zero-order chi connectivity index (χ0) is 12.8. The van der Waals surface area contributed by atoms with Crippen LogP contribution in [-0.2, 0) is 6.42 Å². The number of aromatic nitrogens is 2. The van der Waals surface area contributed by atoms with Gasteiger partial charge in [-0.05, 0) is 19.3 Å². The van der Waals surface area contributed by atoms with E-state index in [0.29, 0.717) is 12.6 Å². The normalized spacial score (nSPS) is 16.8. The predicted octanol–water partition coefficient (Wildman–Crippen LogP) is 2.17. The highest BCUT2D eigenvalue weighted by molar-refractivity contribution is 5.40. The zero-order valence-corrected chi connectivity index (χ0v) is 11.2. The van der Waals surface area contributed by atoms with E-state index < -0.39 is 0 Å². The van der Waals surface area contributed by atoms with Crippen LogP contribution in [0.5, 0.6) is 0 Å². The second-order valence-corrected chi connectivity index (χ2v) is 4.93. The molecule has 4 nitrogen and oxygen atoms in total. The topological polar surface area (TPSA) is 49.2 Å². The maximum atomic E-state index is 9.27. The Balaban J connectivity index is 2.16. The maximum Gasteiger partial charge on any atom is 0.132 e. The van der Waals surface area contributed by atoms with Crippen molar-refractivity contribution in [2.24, 2.45) is 0 Å². The Hall–Kier alpha value is -1.16. The van der Waals surface area contributed by atoms with E-state index in [1.807, 2.05) is 0 Å². The summed E-state index contributed by atoms with van der Waals surface area (Å²) < 4.78 is 0. The van der Waals surface area contributed by atoms with Gasteiger partial charge in [-0.2, -0.15) is 0 Å². The fraction of sp³-hybridized carbons (Fsp3) is 0.714. The van der Waals surface area contributed by atoms with E-state index in [4.69, 9.17) is 0 Å². The van der Waals surface area contributed by atoms with Crippen molar-refractivity contribution in [3.63, 3.8) is 0 Å². The van der Waals surface area contributed by atoms with Crippen LogP contribution in [0.3, 0.4) is 0 Å². The third kappa shape index (κ3) is 3.19. The molecule has 0 spiro atoms. The van der Waals surface area contributed by atoms with Gasteiger partial charge < -0.3 is 10.0 Å². The fourth-order valence-electron chi connectivity index (χ4n) is 2.72. The van der Waals surface area contributed by atoms with E-state index in [1.54, 1.807) is 6.33 Å². The minimum atomic E-state index is 0.183. The van der Waals surface area contributed by atoms with Gasteiger partial charge in [-0.15, -0.1) is 0 Å². The molecule has 1 aromatic heterocycles. The third-order valence-electron chi connectivity index (χ3n) is 3.72. The van der Waals surface area contributed by atoms with Crippen LogP contribution in [0.2, 0.25) is 0 Å². The Bertz CT molecular complexity index is 364. The third-order valence-corrected chi connectivity index (χ3v) is 3.72. The molecule has 0 saturated heterocycles. The summed E-state index contributed by atoms with van der Waals surface area (Å²) in [6.07, 6.45) is 8.91. The molecular formula is C14H23N3O. The molecule has 0 unspecified atom stereocenters. The van der Waals surface area contributed by atoms with Gasteiger partial charge in [-0.3, -0.25) is 0 Å². The molecule has 0 atom stereocenters. The van der Waals surface area contributed by atoms with Crippen LogP contribution in [0.25, 0.3) is 0 Å². The number of anilines is 1. The molecule has 1 aliphatic carbocycles. The van der Waals surface area contributed by atoms with Gasteiger partial charge in [-0.1, -0.05) is 26.2 Å². The molecule has 0 amide bonds. The zero-order valence-electron chi connectivity index (χ0n) is 11.2. The van der Waals surface area contributed by atoms with Crippen molar-refractivity contribution in [3.05, 3.63) is 18.1 Å². The molecule has 100 valence electrons. The van der Waals surface area contributed by atoms with Crippen LogP contribution in [0, 0.1) is 0 Å². The van der Waals surface area contributed by atoms with Gasteiger partial charge >= 0.3 is 0 Å². The number of aryl methyl sites for hydroxylation is 1. The Kier molecular flexibility index (Phi) is 4.93. The SMILES string of the molecule is CCc1cc(N(CCO)C2CCCCC2)ncn1. The lowest BCUT2D eigenvalue weighted by atomic mass is 9.94. The molecule has 1 N–H and O–H groups in total. The maximum absolute atomic E-state index is 9.27. The molecule has 0 aromatic carbocycles. The number of aliphatic hydroxyl groups excluding tert-OH is 1. The summed E-state index contributed by atoms with van der Waals surface area (Å²) in [5.74, 6) is 0.975. The van der Waals surface area contributed by atoms with Crippen LogP contribution in [0.15, 0.2) is 12.4 Å². The number of hydrogen-bond acceptors (Lipinski definition) is 4. The molecule has 1 fully saturated rings. The van der Waals surface area contributed by atoms with Crippen molar-refractivity contribution in [1.82, 2.24) is 9.97 Å². The van der Waals surface area contributed by atoms with Crippen molar-refractivity contribution in [2.75, 3.05) is 18.1 Å². The van der Waals surface area contributed by atoms with Crippen molar-refractivity contribution in [1.29, 1.82) is 0 Å². The number of hydrogen-bond donors (Lipinski definition) is 1. The Labute approximate surface area is 109 Å². The van der Waals surface area contributed by atoms with Crippen LogP contribution in [-0.4, -0.2) is 34.3 Å². The van der Waals surface area contributed by atoms with E-state index in [0.717, 1.165) is 17.9 Å². The largest absolute Gasteiger partial charge is 0.395 e. The average Bonchev–Trinajstić information content (AvgIpc) is 2.46. The Morgan fingerprint density at radius 3 is 2.72 bits per heavy atom. The van der Waals surface area contributed by atoms with Crippen molar-refractivity contribution in [3.8, 4) is 0 Å². The predicted molar refractivity (Wildman–Crippen MR) is 72.7 cm³/mol. The smallest absolute Gasteiger partial charge is 0.132 e. The first-order valence-electron chi connectivity index (χ1n) is 7.03. The average molecular weight is 249 g/mol. The van der Waals surface area contributed by atoms with E-state index in [1.165, 1.54) is 32.1 Å². The molecule has 1 heterocycles. The highest BCUT2D eigenvalue weighted by Crippen LogP contribution is 2.26. The molecule has 2 rings (SSSR count). The number of aliphatic hydroxyl groups is 1. The summed E-state index contributed by atoms with van der Waals surface area (Å²) in [6, 6.07) is 2.59. The number of rotatable bonds is 5. The van der Waals surface area contributed by atoms with E-state index >= 15 is 0 Å². The first-order chi connectivity index (χ1) is 8.85. The summed E-state index contributed by atoms with van der Waals surface area (Å²) in [5, 5.41) is 9.27. The summed E-state index contributed by atoms with van der Waals surface area (Å²) >= 11 is 0. The van der Waals surface area contributed by atoms with Crippen LogP contribution < -0.4 is 4.90 Å². The highest BCUT2D eigenvalue weighted by Gasteiger charge is 2.22. The molecule has 0 aliphatic heterocycles. The van der Waals surface area contributed by atoms with Crippen LogP contribution >= 0.6 is 0 Å². The van der Waals surface area contributed by atoms with Crippen LogP contribution in [0.4, 0.5) is 5.82 Å². The summed E-state index contributed by atoms with van der Waals surface area (Å²) in [7, 11) is 0. The van der Waals surface area contributed by atoms with Crippen LogP contribution in [0.1, 0.15) is 44.7 Å². The monoisotopic (exact) mass is 249 g/mol. The van der Waals surface area contributed by atoms with E-state index in [2.05, 4.69) is 27.9 Å². The van der Waals surface area contributed by atoms with Gasteiger partial charge in [0.1, 0.15) is 12.1 Å². The van der Waals surface area contributed by atoms with E-state index in [9.17, 15) is 5.11 Å². The Morgan fingerprint density at radius 2 is 2.06 bits per heavy atom. The van der Waals surface area contributed by atoms with Gasteiger partial charge in [0.05, 0.1) is 6.61 Å². The lowest BCUT2D eigenvalue weighted by molar-refractivity contribution is 0.289. The second-order valence-electron chi connectivity index (χ2n) is 4.93. The molecule has 4 heteroatoms. The standard InChI is InChI=1S/C14H23N3O/c1-2-12-10-14(16-11-15-12)17(8-9-18)13-6-4-3-5-7-13/h10-11,13,18H,2-9H2,1H3. The highest BCUT2D eigenvalue weighted by atomic mass is 16.3. The quantitative estimate of drug-likeness (QED) is 0.869. The first-order valence-corrected chi connectivity index (χ1v) is 7.03. The first kappa shape index (κ1) is 13.3. The molecule has 18 heavy (non-hydrogen) atoms. The summed E-state index contributed by atoms with van der Waals surface area (Å²) in [5.41, 5.74) is 1.07. The van der Waals surface area contributed by atoms with Crippen molar-refractivity contribution < 1.29 is 5.11 Å². The van der Waals surface area contributed by atoms with Gasteiger partial charge in [0, 0.05) is 24.3 Å². The molecule has 0 radical (unpaired) electrons. The molecule has 0 bridgehead atoms. The van der Waals surface area contributed by atoms with Crippen molar-refractivity contribution in [2.45, 2.75) is 51.5 Å². The number of nitrogens with zero attached hydrogens (tertiary/aromatic N) is 3. The molecule has 1 saturated carbocycles. The Morgan fingerprint density at radius 1 is 1.28 bits per heavy atom. The second kappa shape index (κ2) is 6.69. The minimum absolute atomic E-state index is 0.183. The summed E-state index contributed by atoms with van der Waals surface area (Å²) in [6.45, 7) is 2.95. The van der Waals surface area contributed by atoms with Gasteiger partial charge in [-0.25, -0.2) is 9.97 Å². The molecular weight excluding hydrogens is 226 g/mol. The fourth-order valence-corrected chi connectivity index (χ4v) is 2.72. The molecule has 1 aliphatic rings. The van der Waals surface area contributed by atoms with Gasteiger partial charge in [0.25, 0.3) is 0 Å². The molecule has 1 aromatic rings. The summed E-state index contributed by atoms with van der Waals surface area (Å²) in [4.78, 5) is 10.9. The lowest BCUT2D eigenvalue weighted by Crippen LogP contribution is -2.39. The van der Waals surface area contributed by atoms with E-state index in [-0.39, 0.29) is 6.61 Å².